The standard InChI is InChI=1S/C31H37NO4S2/c1-3-32(4-2)31(37)38-30-29(35-22-26-18-12-7-13-19-26)28(34-21-25-16-10-6-11-17-25)27(36-30)23-33-20-24-14-8-5-9-15-24/h5-19,27-30H,3-4,20-23H2,1-2H3/t27-,28-,29+,30?/m0/s1. The van der Waals surface area contributed by atoms with Crippen molar-refractivity contribution >= 4 is 28.3 Å². The highest BCUT2D eigenvalue weighted by molar-refractivity contribution is 8.23. The molecule has 1 saturated heterocycles. The minimum absolute atomic E-state index is 0.291. The van der Waals surface area contributed by atoms with Crippen LogP contribution in [-0.2, 0) is 38.8 Å². The Hall–Kier alpha value is -2.26. The van der Waals surface area contributed by atoms with Crippen molar-refractivity contribution in [3.05, 3.63) is 108 Å². The van der Waals surface area contributed by atoms with Gasteiger partial charge in [0, 0.05) is 13.1 Å². The Morgan fingerprint density at radius 1 is 0.737 bits per heavy atom. The first-order chi connectivity index (χ1) is 18.7. The van der Waals surface area contributed by atoms with Gasteiger partial charge in [-0.05, 0) is 30.5 Å². The average molecular weight is 552 g/mol. The van der Waals surface area contributed by atoms with E-state index in [0.29, 0.717) is 26.4 Å². The molecule has 38 heavy (non-hydrogen) atoms. The first-order valence-electron chi connectivity index (χ1n) is 13.2. The second kappa shape index (κ2) is 15.4. The molecular formula is C31H37NO4S2. The van der Waals surface area contributed by atoms with Gasteiger partial charge in [-0.1, -0.05) is 115 Å². The summed E-state index contributed by atoms with van der Waals surface area (Å²) in [6, 6.07) is 30.5. The van der Waals surface area contributed by atoms with E-state index >= 15 is 0 Å². The topological polar surface area (TPSA) is 40.2 Å². The number of thioether (sulfide) groups is 1. The first-order valence-corrected chi connectivity index (χ1v) is 14.5. The van der Waals surface area contributed by atoms with Gasteiger partial charge in [0.05, 0.1) is 26.4 Å². The number of hydrogen-bond donors (Lipinski definition) is 0. The van der Waals surface area contributed by atoms with Crippen LogP contribution in [0.3, 0.4) is 0 Å². The summed E-state index contributed by atoms with van der Waals surface area (Å²) in [5, 5.41) is 0. The number of thiocarbonyl (C=S) groups is 1. The Morgan fingerprint density at radius 3 is 1.71 bits per heavy atom. The zero-order chi connectivity index (χ0) is 26.6. The van der Waals surface area contributed by atoms with Crippen molar-refractivity contribution in [3.8, 4) is 0 Å². The Labute approximate surface area is 236 Å². The van der Waals surface area contributed by atoms with Gasteiger partial charge in [-0.25, -0.2) is 0 Å². The molecule has 1 aliphatic heterocycles. The fourth-order valence-corrected chi connectivity index (χ4v) is 6.07. The van der Waals surface area contributed by atoms with Crippen LogP contribution in [0.25, 0.3) is 0 Å². The van der Waals surface area contributed by atoms with Crippen molar-refractivity contribution in [2.24, 2.45) is 0 Å². The Kier molecular flexibility index (Phi) is 11.6. The Morgan fingerprint density at radius 2 is 1.21 bits per heavy atom. The highest BCUT2D eigenvalue weighted by Gasteiger charge is 2.47. The Balaban J connectivity index is 1.51. The number of benzene rings is 3. The number of nitrogens with zero attached hydrogens (tertiary/aromatic N) is 1. The van der Waals surface area contributed by atoms with Gasteiger partial charge in [0.15, 0.2) is 0 Å². The van der Waals surface area contributed by atoms with Crippen molar-refractivity contribution in [1.29, 1.82) is 0 Å². The monoisotopic (exact) mass is 551 g/mol. The smallest absolute Gasteiger partial charge is 0.139 e. The molecule has 0 aliphatic carbocycles. The van der Waals surface area contributed by atoms with E-state index in [1.54, 1.807) is 11.8 Å². The molecule has 202 valence electrons. The molecule has 7 heteroatoms. The number of rotatable bonds is 13. The lowest BCUT2D eigenvalue weighted by Gasteiger charge is -2.27. The zero-order valence-electron chi connectivity index (χ0n) is 22.1. The van der Waals surface area contributed by atoms with E-state index in [4.69, 9.17) is 31.2 Å². The molecule has 0 N–H and O–H groups in total. The van der Waals surface area contributed by atoms with Gasteiger partial charge >= 0.3 is 0 Å². The molecule has 1 aliphatic rings. The van der Waals surface area contributed by atoms with E-state index in [9.17, 15) is 0 Å². The first kappa shape index (κ1) is 28.7. The van der Waals surface area contributed by atoms with Crippen LogP contribution < -0.4 is 0 Å². The van der Waals surface area contributed by atoms with Gasteiger partial charge in [0.2, 0.25) is 0 Å². The second-order valence-corrected chi connectivity index (χ2v) is 10.9. The third-order valence-corrected chi connectivity index (χ3v) is 8.09. The van der Waals surface area contributed by atoms with Crippen molar-refractivity contribution in [3.63, 3.8) is 0 Å². The molecule has 1 fully saturated rings. The van der Waals surface area contributed by atoms with E-state index in [0.717, 1.165) is 34.1 Å². The largest absolute Gasteiger partial charge is 0.374 e. The van der Waals surface area contributed by atoms with Gasteiger partial charge in [0.25, 0.3) is 0 Å². The minimum Gasteiger partial charge on any atom is -0.374 e. The highest BCUT2D eigenvalue weighted by atomic mass is 32.2. The summed E-state index contributed by atoms with van der Waals surface area (Å²) in [6.07, 6.45) is -0.922. The van der Waals surface area contributed by atoms with Crippen molar-refractivity contribution in [1.82, 2.24) is 4.90 Å². The van der Waals surface area contributed by atoms with Crippen LogP contribution in [0.1, 0.15) is 30.5 Å². The maximum absolute atomic E-state index is 6.59. The molecule has 5 nitrogen and oxygen atoms in total. The summed E-state index contributed by atoms with van der Waals surface area (Å²) in [7, 11) is 0. The van der Waals surface area contributed by atoms with Gasteiger partial charge in [-0.3, -0.25) is 0 Å². The van der Waals surface area contributed by atoms with Gasteiger partial charge in [-0.15, -0.1) is 0 Å². The molecular weight excluding hydrogens is 514 g/mol. The normalized spacial score (nSPS) is 20.9. The molecule has 0 radical (unpaired) electrons. The quantitative estimate of drug-likeness (QED) is 0.226. The highest BCUT2D eigenvalue weighted by Crippen LogP contribution is 2.36. The van der Waals surface area contributed by atoms with Crippen LogP contribution in [-0.4, -0.2) is 52.7 Å². The maximum Gasteiger partial charge on any atom is 0.139 e. The van der Waals surface area contributed by atoms with Crippen molar-refractivity contribution in [2.45, 2.75) is 57.4 Å². The van der Waals surface area contributed by atoms with Crippen LogP contribution >= 0.6 is 24.0 Å². The third-order valence-electron chi connectivity index (χ3n) is 6.47. The summed E-state index contributed by atoms with van der Waals surface area (Å²) in [4.78, 5) is 2.16. The lowest BCUT2D eigenvalue weighted by Crippen LogP contribution is -2.39. The summed E-state index contributed by atoms with van der Waals surface area (Å²) in [5.74, 6) is 0. The van der Waals surface area contributed by atoms with Crippen molar-refractivity contribution in [2.75, 3.05) is 19.7 Å². The van der Waals surface area contributed by atoms with Crippen molar-refractivity contribution < 1.29 is 18.9 Å². The van der Waals surface area contributed by atoms with Crippen LogP contribution in [0, 0.1) is 0 Å². The van der Waals surface area contributed by atoms with Crippen LogP contribution in [0.15, 0.2) is 91.0 Å². The lowest BCUT2D eigenvalue weighted by molar-refractivity contribution is -0.0895. The molecule has 0 saturated carbocycles. The predicted octanol–water partition coefficient (Wildman–Crippen LogP) is 6.46. The third kappa shape index (κ3) is 8.37. The van der Waals surface area contributed by atoms with Gasteiger partial charge < -0.3 is 23.8 Å². The van der Waals surface area contributed by atoms with E-state index in [2.05, 4.69) is 55.1 Å². The SMILES string of the molecule is CCN(CC)C(=S)SC1O[C@@H](COCc2ccccc2)[C@H](OCc2ccccc2)[C@H]1OCc1ccccc1. The summed E-state index contributed by atoms with van der Waals surface area (Å²) in [5.41, 5.74) is 3.02. The summed E-state index contributed by atoms with van der Waals surface area (Å²) in [6.45, 7) is 7.76. The minimum atomic E-state index is -0.317. The van der Waals surface area contributed by atoms with Crippen LogP contribution in [0.2, 0.25) is 0 Å². The van der Waals surface area contributed by atoms with Gasteiger partial charge in [-0.2, -0.15) is 0 Å². The molecule has 0 spiro atoms. The molecule has 1 unspecified atom stereocenters. The summed E-state index contributed by atoms with van der Waals surface area (Å²) >= 11 is 7.33. The average Bonchev–Trinajstić information content (AvgIpc) is 3.28. The number of ether oxygens (including phenoxy) is 4. The molecule has 4 atom stereocenters. The molecule has 0 bridgehead atoms. The predicted molar refractivity (Wildman–Crippen MR) is 158 cm³/mol. The van der Waals surface area contributed by atoms with Gasteiger partial charge in [0.1, 0.15) is 28.1 Å². The molecule has 3 aromatic rings. The fourth-order valence-electron chi connectivity index (χ4n) is 4.35. The number of hydrogen-bond acceptors (Lipinski definition) is 6. The molecule has 1 heterocycles. The van der Waals surface area contributed by atoms with Crippen LogP contribution in [0.5, 0.6) is 0 Å². The lowest BCUT2D eigenvalue weighted by atomic mass is 10.1. The zero-order valence-corrected chi connectivity index (χ0v) is 23.7. The molecule has 0 aromatic heterocycles. The second-order valence-electron chi connectivity index (χ2n) is 9.12. The van der Waals surface area contributed by atoms with E-state index in [1.165, 1.54) is 0 Å². The van der Waals surface area contributed by atoms with E-state index in [1.807, 2.05) is 54.6 Å². The van der Waals surface area contributed by atoms with E-state index < -0.39 is 0 Å². The molecule has 4 rings (SSSR count). The molecule has 0 amide bonds. The van der Waals surface area contributed by atoms with Crippen LogP contribution in [0.4, 0.5) is 0 Å². The summed E-state index contributed by atoms with van der Waals surface area (Å²) < 4.78 is 26.6. The maximum atomic E-state index is 6.59. The molecule has 3 aromatic carbocycles. The Bertz CT molecular complexity index is 1080. The van der Waals surface area contributed by atoms with E-state index in [-0.39, 0.29) is 23.7 Å². The fraction of sp³-hybridized carbons (Fsp3) is 0.387.